The van der Waals surface area contributed by atoms with Crippen molar-refractivity contribution < 1.29 is 4.74 Å². The van der Waals surface area contributed by atoms with Crippen molar-refractivity contribution in [1.29, 1.82) is 0 Å². The third-order valence-electron chi connectivity index (χ3n) is 2.98. The SMILES string of the molecule is CCC1(OC)C=CCC(C)=C1C. The van der Waals surface area contributed by atoms with Crippen molar-refractivity contribution in [2.45, 2.75) is 39.2 Å². The molecule has 0 aromatic heterocycles. The van der Waals surface area contributed by atoms with Gasteiger partial charge in [0, 0.05) is 7.11 Å². The Morgan fingerprint density at radius 1 is 1.50 bits per heavy atom. The monoisotopic (exact) mass is 166 g/mol. The Balaban J connectivity index is 3.01. The third-order valence-corrected chi connectivity index (χ3v) is 2.98. The van der Waals surface area contributed by atoms with Gasteiger partial charge < -0.3 is 4.74 Å². The average molecular weight is 166 g/mol. The highest BCUT2D eigenvalue weighted by atomic mass is 16.5. The lowest BCUT2D eigenvalue weighted by atomic mass is 9.83. The Morgan fingerprint density at radius 3 is 2.58 bits per heavy atom. The molecule has 0 amide bonds. The molecule has 68 valence electrons. The fraction of sp³-hybridized carbons (Fsp3) is 0.636. The number of hydrogen-bond donors (Lipinski definition) is 0. The summed E-state index contributed by atoms with van der Waals surface area (Å²) >= 11 is 0. The first-order valence-corrected chi connectivity index (χ1v) is 4.56. The molecule has 0 radical (unpaired) electrons. The first-order valence-electron chi connectivity index (χ1n) is 4.56. The van der Waals surface area contributed by atoms with Gasteiger partial charge >= 0.3 is 0 Å². The van der Waals surface area contributed by atoms with Gasteiger partial charge in [-0.3, -0.25) is 0 Å². The summed E-state index contributed by atoms with van der Waals surface area (Å²) in [6.07, 6.45) is 6.49. The second-order valence-electron chi connectivity index (χ2n) is 3.46. The van der Waals surface area contributed by atoms with E-state index in [2.05, 4.69) is 32.9 Å². The van der Waals surface area contributed by atoms with Crippen LogP contribution in [0.1, 0.15) is 33.6 Å². The van der Waals surface area contributed by atoms with Crippen molar-refractivity contribution in [1.82, 2.24) is 0 Å². The molecule has 1 aliphatic rings. The van der Waals surface area contributed by atoms with Crippen LogP contribution in [0.5, 0.6) is 0 Å². The molecule has 0 heterocycles. The van der Waals surface area contributed by atoms with E-state index in [9.17, 15) is 0 Å². The quantitative estimate of drug-likeness (QED) is 0.573. The smallest absolute Gasteiger partial charge is 0.107 e. The second kappa shape index (κ2) is 3.44. The van der Waals surface area contributed by atoms with Gasteiger partial charge in [0.05, 0.1) is 0 Å². The van der Waals surface area contributed by atoms with Gasteiger partial charge in [0.2, 0.25) is 0 Å². The standard InChI is InChI=1S/C11H18O/c1-5-11(12-4)8-6-7-9(2)10(11)3/h6,8H,5,7H2,1-4H3. The van der Waals surface area contributed by atoms with E-state index in [1.54, 1.807) is 7.11 Å². The predicted octanol–water partition coefficient (Wildman–Crippen LogP) is 3.08. The van der Waals surface area contributed by atoms with Crippen molar-refractivity contribution in [2.24, 2.45) is 0 Å². The van der Waals surface area contributed by atoms with E-state index in [4.69, 9.17) is 4.74 Å². The zero-order valence-electron chi connectivity index (χ0n) is 8.48. The molecule has 1 nitrogen and oxygen atoms in total. The minimum Gasteiger partial charge on any atom is -0.370 e. The summed E-state index contributed by atoms with van der Waals surface area (Å²) in [6, 6.07) is 0. The summed E-state index contributed by atoms with van der Waals surface area (Å²) in [4.78, 5) is 0. The van der Waals surface area contributed by atoms with Gasteiger partial charge in [0.1, 0.15) is 5.60 Å². The van der Waals surface area contributed by atoms with E-state index >= 15 is 0 Å². The third kappa shape index (κ3) is 1.34. The molecule has 0 N–H and O–H groups in total. The summed E-state index contributed by atoms with van der Waals surface area (Å²) in [5.41, 5.74) is 2.72. The van der Waals surface area contributed by atoms with E-state index < -0.39 is 0 Å². The molecule has 0 fully saturated rings. The van der Waals surface area contributed by atoms with Crippen molar-refractivity contribution in [3.05, 3.63) is 23.3 Å². The van der Waals surface area contributed by atoms with Crippen molar-refractivity contribution in [2.75, 3.05) is 7.11 Å². The van der Waals surface area contributed by atoms with Crippen LogP contribution in [0.3, 0.4) is 0 Å². The molecular weight excluding hydrogens is 148 g/mol. The second-order valence-corrected chi connectivity index (χ2v) is 3.46. The van der Waals surface area contributed by atoms with E-state index in [1.165, 1.54) is 11.1 Å². The van der Waals surface area contributed by atoms with Crippen molar-refractivity contribution >= 4 is 0 Å². The molecule has 0 aromatic rings. The van der Waals surface area contributed by atoms with E-state index in [0.717, 1.165) is 12.8 Å². The van der Waals surface area contributed by atoms with Gasteiger partial charge in [-0.05, 0) is 32.3 Å². The van der Waals surface area contributed by atoms with Crippen LogP contribution in [0, 0.1) is 0 Å². The zero-order valence-corrected chi connectivity index (χ0v) is 8.48. The van der Waals surface area contributed by atoms with Gasteiger partial charge in [0.15, 0.2) is 0 Å². The maximum atomic E-state index is 5.57. The van der Waals surface area contributed by atoms with E-state index in [1.807, 2.05) is 0 Å². The maximum absolute atomic E-state index is 5.57. The first-order chi connectivity index (χ1) is 5.66. The zero-order chi connectivity index (χ0) is 9.19. The highest BCUT2D eigenvalue weighted by Gasteiger charge is 2.29. The van der Waals surface area contributed by atoms with Crippen LogP contribution in [0.2, 0.25) is 0 Å². The highest BCUT2D eigenvalue weighted by Crippen LogP contribution is 2.33. The van der Waals surface area contributed by atoms with Crippen LogP contribution < -0.4 is 0 Å². The minimum atomic E-state index is -0.109. The number of rotatable bonds is 2. The summed E-state index contributed by atoms with van der Waals surface area (Å²) in [6.45, 7) is 6.52. The molecule has 0 spiro atoms. The van der Waals surface area contributed by atoms with Crippen LogP contribution in [0.25, 0.3) is 0 Å². The van der Waals surface area contributed by atoms with Crippen LogP contribution in [-0.2, 0) is 4.74 Å². The largest absolute Gasteiger partial charge is 0.370 e. The lowest BCUT2D eigenvalue weighted by Crippen LogP contribution is -2.31. The summed E-state index contributed by atoms with van der Waals surface area (Å²) < 4.78 is 5.57. The Kier molecular flexibility index (Phi) is 2.73. The van der Waals surface area contributed by atoms with Gasteiger partial charge in [0.25, 0.3) is 0 Å². The topological polar surface area (TPSA) is 9.23 Å². The van der Waals surface area contributed by atoms with Crippen LogP contribution >= 0.6 is 0 Å². The van der Waals surface area contributed by atoms with Gasteiger partial charge in [-0.25, -0.2) is 0 Å². The minimum absolute atomic E-state index is 0.109. The molecule has 0 saturated carbocycles. The number of ether oxygens (including phenoxy) is 1. The number of hydrogen-bond acceptors (Lipinski definition) is 1. The molecule has 1 rings (SSSR count). The molecule has 0 bridgehead atoms. The molecule has 0 aliphatic heterocycles. The van der Waals surface area contributed by atoms with Gasteiger partial charge in [-0.1, -0.05) is 24.6 Å². The Hall–Kier alpha value is -0.560. The number of allylic oxidation sites excluding steroid dienone is 2. The Bertz CT molecular complexity index is 219. The summed E-state index contributed by atoms with van der Waals surface area (Å²) in [7, 11) is 1.79. The highest BCUT2D eigenvalue weighted by molar-refractivity contribution is 5.33. The van der Waals surface area contributed by atoms with Crippen molar-refractivity contribution in [3.63, 3.8) is 0 Å². The normalized spacial score (nSPS) is 29.7. The Labute approximate surface area is 75.1 Å². The molecule has 0 aromatic carbocycles. The molecule has 1 unspecified atom stereocenters. The molecule has 0 saturated heterocycles. The lowest BCUT2D eigenvalue weighted by molar-refractivity contribution is 0.0582. The molecule has 1 aliphatic carbocycles. The molecule has 1 atom stereocenters. The fourth-order valence-corrected chi connectivity index (χ4v) is 1.81. The summed E-state index contributed by atoms with van der Waals surface area (Å²) in [5.74, 6) is 0. The van der Waals surface area contributed by atoms with Crippen LogP contribution in [0.15, 0.2) is 23.3 Å². The lowest BCUT2D eigenvalue weighted by Gasteiger charge is -2.33. The van der Waals surface area contributed by atoms with Gasteiger partial charge in [-0.2, -0.15) is 0 Å². The predicted molar refractivity (Wildman–Crippen MR) is 52.2 cm³/mol. The molecule has 1 heteroatoms. The van der Waals surface area contributed by atoms with Crippen LogP contribution in [0.4, 0.5) is 0 Å². The van der Waals surface area contributed by atoms with E-state index in [0.29, 0.717) is 0 Å². The molecular formula is C11H18O. The first kappa shape index (κ1) is 9.53. The Morgan fingerprint density at radius 2 is 2.17 bits per heavy atom. The number of methoxy groups -OCH3 is 1. The van der Waals surface area contributed by atoms with Crippen molar-refractivity contribution in [3.8, 4) is 0 Å². The van der Waals surface area contributed by atoms with Gasteiger partial charge in [-0.15, -0.1) is 0 Å². The fourth-order valence-electron chi connectivity index (χ4n) is 1.81. The average Bonchev–Trinajstić information content (AvgIpc) is 2.11. The maximum Gasteiger partial charge on any atom is 0.107 e. The summed E-state index contributed by atoms with van der Waals surface area (Å²) in [5, 5.41) is 0. The van der Waals surface area contributed by atoms with Crippen LogP contribution in [-0.4, -0.2) is 12.7 Å². The molecule has 12 heavy (non-hydrogen) atoms. The van der Waals surface area contributed by atoms with E-state index in [-0.39, 0.29) is 5.60 Å².